The molecule has 1 amide bonds. The molecule has 26 heavy (non-hydrogen) atoms. The fourth-order valence-corrected chi connectivity index (χ4v) is 2.97. The molecule has 0 atom stereocenters. The van der Waals surface area contributed by atoms with Gasteiger partial charge in [-0.05, 0) is 24.1 Å². The molecule has 3 rings (SSSR count). The van der Waals surface area contributed by atoms with E-state index in [1.54, 1.807) is 19.2 Å². The summed E-state index contributed by atoms with van der Waals surface area (Å²) in [5, 5.41) is 3.41. The predicted octanol–water partition coefficient (Wildman–Crippen LogP) is 2.47. The number of furan rings is 1. The Kier molecular flexibility index (Phi) is 7.96. The van der Waals surface area contributed by atoms with Crippen molar-refractivity contribution in [3.8, 4) is 0 Å². The van der Waals surface area contributed by atoms with Crippen LogP contribution in [0.2, 0.25) is 0 Å². The highest BCUT2D eigenvalue weighted by atomic mass is 127. The van der Waals surface area contributed by atoms with Crippen LogP contribution in [0.4, 0.5) is 0 Å². The molecule has 0 saturated carbocycles. The van der Waals surface area contributed by atoms with Crippen LogP contribution in [0.5, 0.6) is 0 Å². The second kappa shape index (κ2) is 10.2. The number of hydrogen-bond donors (Lipinski definition) is 1. The average molecular weight is 468 g/mol. The third kappa shape index (κ3) is 5.23. The number of carbonyl (C=O) groups excluding carboxylic acids is 1. The van der Waals surface area contributed by atoms with E-state index in [1.807, 2.05) is 11.0 Å². The maximum atomic E-state index is 12.3. The third-order valence-electron chi connectivity index (χ3n) is 4.35. The van der Waals surface area contributed by atoms with Gasteiger partial charge in [-0.3, -0.25) is 9.79 Å². The van der Waals surface area contributed by atoms with Gasteiger partial charge < -0.3 is 19.5 Å². The maximum absolute atomic E-state index is 12.3. The molecule has 7 heteroatoms. The van der Waals surface area contributed by atoms with Crippen molar-refractivity contribution in [3.05, 3.63) is 60.1 Å². The SMILES string of the molecule is CN=C(NCCc1ccccc1)N1CCN(C(=O)c2ccco2)CC1.I. The van der Waals surface area contributed by atoms with Crippen molar-refractivity contribution in [2.45, 2.75) is 6.42 Å². The zero-order valence-corrected chi connectivity index (χ0v) is 17.3. The fourth-order valence-electron chi connectivity index (χ4n) is 2.97. The van der Waals surface area contributed by atoms with Gasteiger partial charge in [0.05, 0.1) is 6.26 Å². The maximum Gasteiger partial charge on any atom is 0.289 e. The summed E-state index contributed by atoms with van der Waals surface area (Å²) in [5.74, 6) is 1.25. The lowest BCUT2D eigenvalue weighted by Gasteiger charge is -2.36. The first-order valence-corrected chi connectivity index (χ1v) is 8.60. The zero-order valence-electron chi connectivity index (χ0n) is 14.9. The number of rotatable bonds is 4. The highest BCUT2D eigenvalue weighted by molar-refractivity contribution is 14.0. The van der Waals surface area contributed by atoms with E-state index in [2.05, 4.69) is 39.5 Å². The van der Waals surface area contributed by atoms with Crippen molar-refractivity contribution in [2.24, 2.45) is 4.99 Å². The van der Waals surface area contributed by atoms with Gasteiger partial charge in [-0.1, -0.05) is 30.3 Å². The first-order chi connectivity index (χ1) is 12.3. The monoisotopic (exact) mass is 468 g/mol. The molecule has 2 aromatic rings. The molecule has 0 aliphatic carbocycles. The fraction of sp³-hybridized carbons (Fsp3) is 0.368. The smallest absolute Gasteiger partial charge is 0.289 e. The average Bonchev–Trinajstić information content (AvgIpc) is 3.20. The Balaban J connectivity index is 0.00000243. The van der Waals surface area contributed by atoms with Gasteiger partial charge >= 0.3 is 0 Å². The van der Waals surface area contributed by atoms with Crippen LogP contribution in [-0.4, -0.2) is 61.4 Å². The Morgan fingerprint density at radius 2 is 1.77 bits per heavy atom. The van der Waals surface area contributed by atoms with Crippen LogP contribution in [0.3, 0.4) is 0 Å². The van der Waals surface area contributed by atoms with Crippen molar-refractivity contribution in [2.75, 3.05) is 39.8 Å². The number of hydrogen-bond acceptors (Lipinski definition) is 3. The van der Waals surface area contributed by atoms with Crippen LogP contribution in [-0.2, 0) is 6.42 Å². The van der Waals surface area contributed by atoms with Crippen LogP contribution >= 0.6 is 24.0 Å². The Bertz CT molecular complexity index is 696. The number of amides is 1. The van der Waals surface area contributed by atoms with E-state index < -0.39 is 0 Å². The normalized spacial score (nSPS) is 14.7. The summed E-state index contributed by atoms with van der Waals surface area (Å²) >= 11 is 0. The quantitative estimate of drug-likeness (QED) is 0.426. The lowest BCUT2D eigenvalue weighted by atomic mass is 10.1. The van der Waals surface area contributed by atoms with Crippen LogP contribution in [0, 0.1) is 0 Å². The van der Waals surface area contributed by atoms with Gasteiger partial charge in [-0.2, -0.15) is 0 Å². The number of nitrogens with one attached hydrogen (secondary N) is 1. The molecule has 1 fully saturated rings. The Labute approximate surface area is 171 Å². The van der Waals surface area contributed by atoms with E-state index in [9.17, 15) is 4.79 Å². The minimum Gasteiger partial charge on any atom is -0.459 e. The van der Waals surface area contributed by atoms with Gasteiger partial charge in [-0.25, -0.2) is 0 Å². The van der Waals surface area contributed by atoms with E-state index >= 15 is 0 Å². The van der Waals surface area contributed by atoms with Crippen molar-refractivity contribution >= 4 is 35.8 Å². The standard InChI is InChI=1S/C19H24N4O2.HI/c1-20-19(21-10-9-16-6-3-2-4-7-16)23-13-11-22(12-14-23)18(24)17-8-5-15-25-17;/h2-8,15H,9-14H2,1H3,(H,20,21);1H. The van der Waals surface area contributed by atoms with Crippen molar-refractivity contribution in [1.82, 2.24) is 15.1 Å². The molecule has 1 N–H and O–H groups in total. The highest BCUT2D eigenvalue weighted by Gasteiger charge is 2.24. The summed E-state index contributed by atoms with van der Waals surface area (Å²) in [7, 11) is 1.80. The molecule has 0 radical (unpaired) electrons. The number of benzene rings is 1. The minimum atomic E-state index is -0.0447. The molecule has 0 unspecified atom stereocenters. The second-order valence-corrected chi connectivity index (χ2v) is 5.97. The molecule has 2 heterocycles. The largest absolute Gasteiger partial charge is 0.459 e. The molecule has 1 aromatic heterocycles. The van der Waals surface area contributed by atoms with Gasteiger partial charge in [0, 0.05) is 39.8 Å². The zero-order chi connectivity index (χ0) is 17.5. The van der Waals surface area contributed by atoms with Crippen molar-refractivity contribution in [3.63, 3.8) is 0 Å². The van der Waals surface area contributed by atoms with Gasteiger partial charge in [0.1, 0.15) is 0 Å². The molecule has 140 valence electrons. The number of nitrogens with zero attached hydrogens (tertiary/aromatic N) is 3. The Hall–Kier alpha value is -2.03. The van der Waals surface area contributed by atoms with Crippen LogP contribution in [0.1, 0.15) is 16.1 Å². The van der Waals surface area contributed by atoms with E-state index in [1.165, 1.54) is 11.8 Å². The first-order valence-electron chi connectivity index (χ1n) is 8.60. The molecule has 1 aliphatic rings. The summed E-state index contributed by atoms with van der Waals surface area (Å²) in [6.45, 7) is 3.69. The minimum absolute atomic E-state index is 0. The topological polar surface area (TPSA) is 61.1 Å². The molecular weight excluding hydrogens is 443 g/mol. The number of piperazine rings is 1. The van der Waals surface area contributed by atoms with Gasteiger partial charge in [0.25, 0.3) is 5.91 Å². The van der Waals surface area contributed by atoms with E-state index in [4.69, 9.17) is 4.42 Å². The number of carbonyl (C=O) groups is 1. The molecule has 1 saturated heterocycles. The molecule has 1 aromatic carbocycles. The lowest BCUT2D eigenvalue weighted by molar-refractivity contribution is 0.0658. The van der Waals surface area contributed by atoms with E-state index in [0.717, 1.165) is 32.0 Å². The summed E-state index contributed by atoms with van der Waals surface area (Å²) in [5.41, 5.74) is 1.30. The molecule has 0 spiro atoms. The Morgan fingerprint density at radius 1 is 1.08 bits per heavy atom. The first kappa shape index (κ1) is 20.3. The number of aliphatic imine (C=N–C) groups is 1. The van der Waals surface area contributed by atoms with Crippen LogP contribution in [0.25, 0.3) is 0 Å². The highest BCUT2D eigenvalue weighted by Crippen LogP contribution is 2.09. The van der Waals surface area contributed by atoms with Gasteiger partial charge in [0.2, 0.25) is 0 Å². The van der Waals surface area contributed by atoms with E-state index in [-0.39, 0.29) is 29.9 Å². The summed E-state index contributed by atoms with van der Waals surface area (Å²) in [6.07, 6.45) is 2.48. The molecular formula is C19H25IN4O2. The third-order valence-corrected chi connectivity index (χ3v) is 4.35. The molecule has 0 bridgehead atoms. The van der Waals surface area contributed by atoms with Gasteiger partial charge in [-0.15, -0.1) is 24.0 Å². The van der Waals surface area contributed by atoms with Crippen molar-refractivity contribution in [1.29, 1.82) is 0 Å². The summed E-state index contributed by atoms with van der Waals surface area (Å²) in [4.78, 5) is 20.7. The lowest BCUT2D eigenvalue weighted by Crippen LogP contribution is -2.53. The second-order valence-electron chi connectivity index (χ2n) is 5.97. The predicted molar refractivity (Wildman–Crippen MR) is 113 cm³/mol. The summed E-state index contributed by atoms with van der Waals surface area (Å²) in [6, 6.07) is 13.8. The number of halogens is 1. The Morgan fingerprint density at radius 3 is 2.38 bits per heavy atom. The van der Waals surface area contributed by atoms with Gasteiger partial charge in [0.15, 0.2) is 11.7 Å². The molecule has 1 aliphatic heterocycles. The van der Waals surface area contributed by atoms with Crippen LogP contribution in [0.15, 0.2) is 58.1 Å². The van der Waals surface area contributed by atoms with E-state index in [0.29, 0.717) is 18.8 Å². The van der Waals surface area contributed by atoms with Crippen molar-refractivity contribution < 1.29 is 9.21 Å². The van der Waals surface area contributed by atoms with Crippen LogP contribution < -0.4 is 5.32 Å². The number of guanidine groups is 1. The molecule has 6 nitrogen and oxygen atoms in total. The summed E-state index contributed by atoms with van der Waals surface area (Å²) < 4.78 is 5.20.